The van der Waals surface area contributed by atoms with Gasteiger partial charge in [-0.05, 0) is 63.0 Å². The fourth-order valence-electron chi connectivity index (χ4n) is 5.72. The maximum absolute atomic E-state index is 5.02. The van der Waals surface area contributed by atoms with Gasteiger partial charge >= 0.3 is 0 Å². The van der Waals surface area contributed by atoms with Crippen LogP contribution < -0.4 is 0 Å². The third-order valence-electron chi connectivity index (χ3n) is 7.79. The van der Waals surface area contributed by atoms with E-state index in [1.807, 2.05) is 66.7 Å². The molecule has 0 saturated heterocycles. The highest BCUT2D eigenvalue weighted by Gasteiger charge is 2.17. The lowest BCUT2D eigenvalue weighted by atomic mass is 9.91. The first-order valence-electron chi connectivity index (χ1n) is 14.5. The molecule has 0 amide bonds. The van der Waals surface area contributed by atoms with Crippen LogP contribution in [-0.2, 0) is 0 Å². The minimum atomic E-state index is 0.585. The van der Waals surface area contributed by atoms with Crippen molar-refractivity contribution < 1.29 is 0 Å². The Morgan fingerprint density at radius 3 is 1.43 bits per heavy atom. The van der Waals surface area contributed by atoms with Gasteiger partial charge in [0.15, 0.2) is 23.3 Å². The lowest BCUT2D eigenvalue weighted by Gasteiger charge is -2.14. The summed E-state index contributed by atoms with van der Waals surface area (Å²) < 4.78 is 0. The third kappa shape index (κ3) is 4.76. The van der Waals surface area contributed by atoms with Gasteiger partial charge in [-0.2, -0.15) is 0 Å². The molecule has 0 aliphatic rings. The van der Waals surface area contributed by atoms with Gasteiger partial charge in [0.25, 0.3) is 0 Å². The van der Waals surface area contributed by atoms with Crippen molar-refractivity contribution >= 4 is 21.5 Å². The second-order valence-electron chi connectivity index (χ2n) is 10.6. The van der Waals surface area contributed by atoms with Crippen LogP contribution in [0.4, 0.5) is 0 Å². The lowest BCUT2D eigenvalue weighted by Crippen LogP contribution is -2.01. The molecular formula is C39H25N5. The van der Waals surface area contributed by atoms with Crippen LogP contribution in [-0.4, -0.2) is 24.9 Å². The average molecular weight is 564 g/mol. The summed E-state index contributed by atoms with van der Waals surface area (Å²) in [6, 6.07) is 47.7. The molecule has 0 aliphatic carbocycles. The molecule has 0 saturated carbocycles. The molecule has 0 atom stereocenters. The standard InChI is InChI=1S/C39H25N5/c1-3-12-26(13-4-1)37-42-38(27-14-5-2-6-15-27)44-39(43-37)31-23-29(22-30(24-31)36-40-20-11-21-41-36)35-25-28-16-7-8-17-32(28)33-18-9-10-19-34(33)35/h1-25H. The molecule has 5 nitrogen and oxygen atoms in total. The maximum Gasteiger partial charge on any atom is 0.164 e. The Kier molecular flexibility index (Phi) is 6.39. The summed E-state index contributed by atoms with van der Waals surface area (Å²) in [6.45, 7) is 0. The number of nitrogens with zero attached hydrogens (tertiary/aromatic N) is 5. The van der Waals surface area contributed by atoms with Crippen molar-refractivity contribution in [3.63, 3.8) is 0 Å². The molecule has 2 heterocycles. The molecule has 0 bridgehead atoms. The van der Waals surface area contributed by atoms with Gasteiger partial charge in [-0.1, -0.05) is 109 Å². The molecular weight excluding hydrogens is 538 g/mol. The van der Waals surface area contributed by atoms with E-state index in [4.69, 9.17) is 15.0 Å². The van der Waals surface area contributed by atoms with Crippen LogP contribution in [0, 0.1) is 0 Å². The molecule has 8 aromatic rings. The van der Waals surface area contributed by atoms with Gasteiger partial charge in [0.05, 0.1) is 0 Å². The van der Waals surface area contributed by atoms with Crippen LogP contribution in [0.3, 0.4) is 0 Å². The van der Waals surface area contributed by atoms with Gasteiger partial charge in [-0.3, -0.25) is 0 Å². The van der Waals surface area contributed by atoms with E-state index in [-0.39, 0.29) is 0 Å². The Balaban J connectivity index is 1.41. The van der Waals surface area contributed by atoms with Gasteiger partial charge in [0.2, 0.25) is 0 Å². The van der Waals surface area contributed by atoms with E-state index in [9.17, 15) is 0 Å². The van der Waals surface area contributed by atoms with Crippen LogP contribution in [0.5, 0.6) is 0 Å². The van der Waals surface area contributed by atoms with Gasteiger partial charge in [-0.25, -0.2) is 24.9 Å². The van der Waals surface area contributed by atoms with Crippen LogP contribution >= 0.6 is 0 Å². The normalized spacial score (nSPS) is 11.2. The number of rotatable bonds is 5. The van der Waals surface area contributed by atoms with E-state index in [1.54, 1.807) is 12.4 Å². The van der Waals surface area contributed by atoms with E-state index in [0.29, 0.717) is 23.3 Å². The quantitative estimate of drug-likeness (QED) is 0.195. The molecule has 8 rings (SSSR count). The average Bonchev–Trinajstić information content (AvgIpc) is 3.12. The van der Waals surface area contributed by atoms with E-state index >= 15 is 0 Å². The Morgan fingerprint density at radius 2 is 0.795 bits per heavy atom. The first kappa shape index (κ1) is 25.6. The smallest absolute Gasteiger partial charge is 0.164 e. The van der Waals surface area contributed by atoms with Gasteiger partial charge in [-0.15, -0.1) is 0 Å². The Bertz CT molecular complexity index is 2210. The van der Waals surface area contributed by atoms with Crippen molar-refractivity contribution in [1.82, 2.24) is 24.9 Å². The SMILES string of the molecule is c1ccc(-c2nc(-c3ccccc3)nc(-c3cc(-c4ncccn4)cc(-c4cc5ccccc5c5ccccc45)c3)n2)cc1. The zero-order valence-electron chi connectivity index (χ0n) is 23.7. The van der Waals surface area contributed by atoms with E-state index < -0.39 is 0 Å². The molecule has 5 heteroatoms. The zero-order chi connectivity index (χ0) is 29.3. The van der Waals surface area contributed by atoms with Gasteiger partial charge in [0, 0.05) is 34.6 Å². The highest BCUT2D eigenvalue weighted by atomic mass is 15.0. The second-order valence-corrected chi connectivity index (χ2v) is 10.6. The highest BCUT2D eigenvalue weighted by molar-refractivity contribution is 6.14. The van der Waals surface area contributed by atoms with Crippen LogP contribution in [0.2, 0.25) is 0 Å². The molecule has 44 heavy (non-hydrogen) atoms. The first-order chi connectivity index (χ1) is 21.8. The molecule has 0 unspecified atom stereocenters. The Morgan fingerprint density at radius 1 is 0.318 bits per heavy atom. The van der Waals surface area contributed by atoms with Crippen molar-refractivity contribution in [3.8, 4) is 56.7 Å². The number of hydrogen-bond donors (Lipinski definition) is 0. The number of aromatic nitrogens is 5. The second kappa shape index (κ2) is 11.0. The summed E-state index contributed by atoms with van der Waals surface area (Å²) in [5.41, 5.74) is 5.76. The monoisotopic (exact) mass is 563 g/mol. The molecule has 0 aliphatic heterocycles. The Hall–Kier alpha value is -6.07. The van der Waals surface area contributed by atoms with Crippen LogP contribution in [0.25, 0.3) is 78.2 Å². The van der Waals surface area contributed by atoms with E-state index in [0.717, 1.165) is 33.4 Å². The first-order valence-corrected chi connectivity index (χ1v) is 14.5. The minimum Gasteiger partial charge on any atom is -0.237 e. The number of hydrogen-bond acceptors (Lipinski definition) is 5. The predicted molar refractivity (Wildman–Crippen MR) is 178 cm³/mol. The largest absolute Gasteiger partial charge is 0.237 e. The van der Waals surface area contributed by atoms with Crippen molar-refractivity contribution in [1.29, 1.82) is 0 Å². The topological polar surface area (TPSA) is 64.5 Å². The summed E-state index contributed by atoms with van der Waals surface area (Å²) in [7, 11) is 0. The lowest BCUT2D eigenvalue weighted by molar-refractivity contribution is 1.07. The molecule has 0 fully saturated rings. The number of fused-ring (bicyclic) bond motifs is 3. The predicted octanol–water partition coefficient (Wildman–Crippen LogP) is 9.30. The third-order valence-corrected chi connectivity index (χ3v) is 7.79. The van der Waals surface area contributed by atoms with Crippen LogP contribution in [0.1, 0.15) is 0 Å². The van der Waals surface area contributed by atoms with E-state index in [2.05, 4.69) is 82.8 Å². The molecule has 0 N–H and O–H groups in total. The van der Waals surface area contributed by atoms with E-state index in [1.165, 1.54) is 21.5 Å². The fraction of sp³-hybridized carbons (Fsp3) is 0. The minimum absolute atomic E-state index is 0.585. The molecule has 0 radical (unpaired) electrons. The van der Waals surface area contributed by atoms with Crippen LogP contribution in [0.15, 0.2) is 152 Å². The van der Waals surface area contributed by atoms with Crippen molar-refractivity contribution in [2.24, 2.45) is 0 Å². The zero-order valence-corrected chi connectivity index (χ0v) is 23.7. The summed E-state index contributed by atoms with van der Waals surface area (Å²) in [5, 5.41) is 4.80. The summed E-state index contributed by atoms with van der Waals surface area (Å²) in [5.74, 6) is 2.46. The molecule has 0 spiro atoms. The molecule has 6 aromatic carbocycles. The maximum atomic E-state index is 5.02. The van der Waals surface area contributed by atoms with Gasteiger partial charge < -0.3 is 0 Å². The molecule has 2 aromatic heterocycles. The fourth-order valence-corrected chi connectivity index (χ4v) is 5.72. The summed E-state index contributed by atoms with van der Waals surface area (Å²) in [4.78, 5) is 24.1. The van der Waals surface area contributed by atoms with Crippen molar-refractivity contribution in [2.75, 3.05) is 0 Å². The summed E-state index contributed by atoms with van der Waals surface area (Å²) in [6.07, 6.45) is 3.54. The molecule has 206 valence electrons. The Labute approximate surface area is 254 Å². The van der Waals surface area contributed by atoms with Crippen molar-refractivity contribution in [3.05, 3.63) is 152 Å². The van der Waals surface area contributed by atoms with Gasteiger partial charge in [0.1, 0.15) is 0 Å². The number of benzene rings is 6. The summed E-state index contributed by atoms with van der Waals surface area (Å²) >= 11 is 0. The highest BCUT2D eigenvalue weighted by Crippen LogP contribution is 2.38. The van der Waals surface area contributed by atoms with Crippen molar-refractivity contribution in [2.45, 2.75) is 0 Å².